The van der Waals surface area contributed by atoms with Crippen molar-refractivity contribution in [3.63, 3.8) is 0 Å². The van der Waals surface area contributed by atoms with Crippen molar-refractivity contribution in [1.29, 1.82) is 0 Å². The first-order valence-electron chi connectivity index (χ1n) is 12.5. The van der Waals surface area contributed by atoms with Crippen LogP contribution in [0.15, 0.2) is 0 Å². The fourth-order valence-electron chi connectivity index (χ4n) is 5.52. The van der Waals surface area contributed by atoms with E-state index in [9.17, 15) is 14.8 Å². The summed E-state index contributed by atoms with van der Waals surface area (Å²) in [6.07, 6.45) is 7.95. The Labute approximate surface area is 199 Å². The molecule has 11 heteroatoms. The molecule has 34 heavy (non-hydrogen) atoms. The number of aryl methyl sites for hydroxylation is 1. The summed E-state index contributed by atoms with van der Waals surface area (Å²) in [4.78, 5) is 37.0. The number of hydrogen-bond donors (Lipinski definition) is 3. The van der Waals surface area contributed by atoms with Crippen LogP contribution < -0.4 is 15.8 Å². The minimum atomic E-state index is -0.615. The fourth-order valence-corrected chi connectivity index (χ4v) is 5.52. The van der Waals surface area contributed by atoms with E-state index in [1.54, 1.807) is 0 Å². The van der Waals surface area contributed by atoms with Crippen molar-refractivity contribution >= 4 is 24.0 Å². The molecule has 3 N–H and O–H groups in total. The zero-order valence-corrected chi connectivity index (χ0v) is 19.9. The van der Waals surface area contributed by atoms with E-state index in [1.807, 2.05) is 11.8 Å². The van der Waals surface area contributed by atoms with E-state index >= 15 is 4.39 Å². The Hall–Kier alpha value is -2.53. The summed E-state index contributed by atoms with van der Waals surface area (Å²) in [5, 5.41) is 10.2. The third-order valence-electron chi connectivity index (χ3n) is 7.38. The molecule has 188 valence electrons. The molecule has 1 aromatic heterocycles. The number of hydrogen-bond acceptors (Lipinski definition) is 8. The Balaban J connectivity index is 1.45. The number of halogens is 1. The standard InChI is InChI=1S/C23H36FN7O3/c1-2-19-25-21(20(24)22(26-19)30-11-10-29-9-5-8-18(29)14-30)27-28-23(33)17(13-31(34)15-32)12-16-6-3-4-7-16/h15-18,34H,2-14H2,1H3,(H,28,33)(H,25,26,27)/t17-,18-/m0/s1. The summed E-state index contributed by atoms with van der Waals surface area (Å²) in [6.45, 7) is 5.19. The van der Waals surface area contributed by atoms with Crippen LogP contribution in [0.3, 0.4) is 0 Å². The van der Waals surface area contributed by atoms with E-state index in [2.05, 4.69) is 25.7 Å². The smallest absolute Gasteiger partial charge is 0.243 e. The first-order chi connectivity index (χ1) is 16.5. The number of piperazine rings is 1. The zero-order chi connectivity index (χ0) is 24.1. The first-order valence-corrected chi connectivity index (χ1v) is 12.5. The van der Waals surface area contributed by atoms with Gasteiger partial charge in [0.1, 0.15) is 5.82 Å². The predicted molar refractivity (Wildman–Crippen MR) is 125 cm³/mol. The minimum Gasteiger partial charge on any atom is -0.351 e. The summed E-state index contributed by atoms with van der Waals surface area (Å²) < 4.78 is 15.5. The number of anilines is 2. The van der Waals surface area contributed by atoms with Gasteiger partial charge < -0.3 is 4.90 Å². The van der Waals surface area contributed by atoms with Gasteiger partial charge in [0.25, 0.3) is 0 Å². The lowest BCUT2D eigenvalue weighted by Gasteiger charge is -2.38. The molecule has 2 amide bonds. The summed E-state index contributed by atoms with van der Waals surface area (Å²) in [5.41, 5.74) is 5.22. The van der Waals surface area contributed by atoms with Crippen LogP contribution in [-0.2, 0) is 16.0 Å². The molecule has 4 rings (SSSR count). The fraction of sp³-hybridized carbons (Fsp3) is 0.739. The van der Waals surface area contributed by atoms with Gasteiger partial charge in [-0.25, -0.2) is 15.0 Å². The van der Waals surface area contributed by atoms with E-state index in [0.29, 0.717) is 42.2 Å². The lowest BCUT2D eigenvalue weighted by molar-refractivity contribution is -0.154. The summed E-state index contributed by atoms with van der Waals surface area (Å²) >= 11 is 0. The second kappa shape index (κ2) is 11.3. The topological polar surface area (TPSA) is 114 Å². The Morgan fingerprint density at radius 2 is 2.03 bits per heavy atom. The number of nitrogens with zero attached hydrogens (tertiary/aromatic N) is 5. The van der Waals surface area contributed by atoms with Crippen LogP contribution in [0.5, 0.6) is 0 Å². The highest BCUT2D eigenvalue weighted by molar-refractivity contribution is 5.80. The number of hydrazine groups is 1. The highest BCUT2D eigenvalue weighted by Crippen LogP contribution is 2.31. The number of aromatic nitrogens is 2. The lowest BCUT2D eigenvalue weighted by atomic mass is 9.92. The number of fused-ring (bicyclic) bond motifs is 1. The molecule has 1 aliphatic carbocycles. The van der Waals surface area contributed by atoms with Crippen LogP contribution in [0.25, 0.3) is 0 Å². The van der Waals surface area contributed by atoms with Gasteiger partial charge in [0.05, 0.1) is 12.5 Å². The van der Waals surface area contributed by atoms with Crippen LogP contribution in [0, 0.1) is 17.7 Å². The SMILES string of the molecule is CCc1nc(NNC(=O)[C@@H](CC2CCCC2)CN(O)C=O)c(F)c(N2CCN3CCC[C@H]3C2)n1. The number of nitrogens with one attached hydrogen (secondary N) is 2. The predicted octanol–water partition coefficient (Wildman–Crippen LogP) is 1.95. The normalized spacial score (nSPS) is 21.9. The molecule has 0 bridgehead atoms. The Bertz CT molecular complexity index is 867. The highest BCUT2D eigenvalue weighted by Gasteiger charge is 2.33. The lowest BCUT2D eigenvalue weighted by Crippen LogP contribution is -2.50. The van der Waals surface area contributed by atoms with Crippen molar-refractivity contribution in [2.45, 2.75) is 64.3 Å². The molecule has 2 saturated heterocycles. The number of rotatable bonds is 10. The molecule has 10 nitrogen and oxygen atoms in total. The van der Waals surface area contributed by atoms with Gasteiger partial charge in [-0.3, -0.25) is 30.5 Å². The van der Waals surface area contributed by atoms with Gasteiger partial charge in [0, 0.05) is 32.1 Å². The highest BCUT2D eigenvalue weighted by atomic mass is 19.1. The second-order valence-corrected chi connectivity index (χ2v) is 9.68. The van der Waals surface area contributed by atoms with Crippen molar-refractivity contribution in [3.8, 4) is 0 Å². The summed E-state index contributed by atoms with van der Waals surface area (Å²) in [6, 6.07) is 0.417. The van der Waals surface area contributed by atoms with E-state index in [-0.39, 0.29) is 24.6 Å². The van der Waals surface area contributed by atoms with E-state index in [1.165, 1.54) is 6.42 Å². The van der Waals surface area contributed by atoms with Gasteiger partial charge >= 0.3 is 0 Å². The van der Waals surface area contributed by atoms with Gasteiger partial charge in [0.15, 0.2) is 11.6 Å². The second-order valence-electron chi connectivity index (χ2n) is 9.68. The summed E-state index contributed by atoms with van der Waals surface area (Å²) in [5.74, 6) is -0.555. The number of hydroxylamine groups is 2. The molecule has 0 aromatic carbocycles. The largest absolute Gasteiger partial charge is 0.351 e. The third kappa shape index (κ3) is 5.75. The van der Waals surface area contributed by atoms with Gasteiger partial charge in [-0.05, 0) is 31.7 Å². The van der Waals surface area contributed by atoms with Crippen LogP contribution in [0.1, 0.15) is 57.7 Å². The Kier molecular flexibility index (Phi) is 8.15. The van der Waals surface area contributed by atoms with E-state index < -0.39 is 17.6 Å². The monoisotopic (exact) mass is 477 g/mol. The summed E-state index contributed by atoms with van der Waals surface area (Å²) in [7, 11) is 0. The van der Waals surface area contributed by atoms with Gasteiger partial charge in [-0.2, -0.15) is 4.39 Å². The van der Waals surface area contributed by atoms with Crippen LogP contribution >= 0.6 is 0 Å². The van der Waals surface area contributed by atoms with E-state index in [4.69, 9.17) is 0 Å². The van der Waals surface area contributed by atoms with Crippen LogP contribution in [0.4, 0.5) is 16.0 Å². The molecule has 0 spiro atoms. The van der Waals surface area contributed by atoms with Crippen molar-refractivity contribution in [2.75, 3.05) is 43.0 Å². The van der Waals surface area contributed by atoms with Crippen molar-refractivity contribution < 1.29 is 19.2 Å². The van der Waals surface area contributed by atoms with Crippen molar-refractivity contribution in [3.05, 3.63) is 11.6 Å². The average molecular weight is 478 g/mol. The molecule has 3 fully saturated rings. The Morgan fingerprint density at radius 1 is 1.24 bits per heavy atom. The maximum Gasteiger partial charge on any atom is 0.243 e. The maximum atomic E-state index is 15.5. The molecule has 0 unspecified atom stereocenters. The molecule has 2 atom stereocenters. The quantitative estimate of drug-likeness (QED) is 0.266. The molecule has 3 heterocycles. The molecular formula is C23H36FN7O3. The molecule has 1 saturated carbocycles. The molecular weight excluding hydrogens is 441 g/mol. The van der Waals surface area contributed by atoms with Gasteiger partial charge in [-0.1, -0.05) is 32.6 Å². The first kappa shape index (κ1) is 24.6. The number of amides is 2. The molecule has 1 aromatic rings. The van der Waals surface area contributed by atoms with Crippen molar-refractivity contribution in [2.24, 2.45) is 11.8 Å². The van der Waals surface area contributed by atoms with E-state index in [0.717, 1.165) is 51.7 Å². The number of carbonyl (C=O) groups excluding carboxylic acids is 2. The minimum absolute atomic E-state index is 0.0695. The van der Waals surface area contributed by atoms with Gasteiger partial charge in [0.2, 0.25) is 18.1 Å². The number of carbonyl (C=O) groups is 2. The van der Waals surface area contributed by atoms with Crippen LogP contribution in [0.2, 0.25) is 0 Å². The molecule has 0 radical (unpaired) electrons. The molecule has 3 aliphatic rings. The van der Waals surface area contributed by atoms with Crippen molar-refractivity contribution in [1.82, 2.24) is 25.4 Å². The third-order valence-corrected chi connectivity index (χ3v) is 7.38. The average Bonchev–Trinajstić information content (AvgIpc) is 3.54. The maximum absolute atomic E-state index is 15.5. The Morgan fingerprint density at radius 3 is 2.76 bits per heavy atom. The van der Waals surface area contributed by atoms with Gasteiger partial charge in [-0.15, -0.1) is 0 Å². The molecule has 2 aliphatic heterocycles. The van der Waals surface area contributed by atoms with Crippen LogP contribution in [-0.4, -0.2) is 76.2 Å². The zero-order valence-electron chi connectivity index (χ0n) is 19.9.